The summed E-state index contributed by atoms with van der Waals surface area (Å²) >= 11 is 0. The van der Waals surface area contributed by atoms with Crippen LogP contribution in [-0.2, 0) is 0 Å². The molecule has 5 nitrogen and oxygen atoms in total. The minimum absolute atomic E-state index is 0.150. The molecule has 0 radical (unpaired) electrons. The molecule has 1 rings (SSSR count). The van der Waals surface area contributed by atoms with Crippen molar-refractivity contribution in [3.05, 3.63) is 0 Å². The van der Waals surface area contributed by atoms with Crippen LogP contribution in [0.2, 0.25) is 0 Å². The van der Waals surface area contributed by atoms with E-state index in [1.54, 1.807) is 0 Å². The van der Waals surface area contributed by atoms with Crippen molar-refractivity contribution in [3.63, 3.8) is 0 Å². The lowest BCUT2D eigenvalue weighted by Gasteiger charge is -2.33. The normalized spacial score (nSPS) is 27.1. The maximum absolute atomic E-state index is 11.2. The van der Waals surface area contributed by atoms with Crippen molar-refractivity contribution in [1.82, 2.24) is 10.4 Å². The van der Waals surface area contributed by atoms with Gasteiger partial charge in [0, 0.05) is 0 Å². The number of nitrogens with one attached hydrogen (secondary N) is 1. The fourth-order valence-corrected chi connectivity index (χ4v) is 2.13. The molecule has 2 amide bonds. The summed E-state index contributed by atoms with van der Waals surface area (Å²) in [6, 6.07) is -0.246. The zero-order chi connectivity index (χ0) is 10.6. The van der Waals surface area contributed by atoms with Gasteiger partial charge in [0.25, 0.3) is 0 Å². The van der Waals surface area contributed by atoms with Crippen molar-refractivity contribution in [2.45, 2.75) is 45.1 Å². The highest BCUT2D eigenvalue weighted by molar-refractivity contribution is 5.73. The highest BCUT2D eigenvalue weighted by Crippen LogP contribution is 2.28. The number of amides is 2. The van der Waals surface area contributed by atoms with E-state index in [0.29, 0.717) is 5.92 Å². The Labute approximate surface area is 84.7 Å². The van der Waals surface area contributed by atoms with Gasteiger partial charge >= 0.3 is 6.03 Å². The molecule has 0 bridgehead atoms. The van der Waals surface area contributed by atoms with Gasteiger partial charge in [0.1, 0.15) is 0 Å². The van der Waals surface area contributed by atoms with Crippen molar-refractivity contribution < 1.29 is 4.79 Å². The van der Waals surface area contributed by atoms with Crippen molar-refractivity contribution >= 4 is 6.03 Å². The molecule has 1 fully saturated rings. The van der Waals surface area contributed by atoms with Gasteiger partial charge in [-0.05, 0) is 18.8 Å². The summed E-state index contributed by atoms with van der Waals surface area (Å²) in [5.74, 6) is 11.4. The zero-order valence-corrected chi connectivity index (χ0v) is 8.70. The molecule has 0 aliphatic heterocycles. The average molecular weight is 200 g/mol. The van der Waals surface area contributed by atoms with E-state index < -0.39 is 6.03 Å². The summed E-state index contributed by atoms with van der Waals surface area (Å²) in [5.41, 5.74) is 2.06. The molecular weight excluding hydrogens is 180 g/mol. The second kappa shape index (κ2) is 5.17. The van der Waals surface area contributed by atoms with E-state index in [9.17, 15) is 4.79 Å². The van der Waals surface area contributed by atoms with E-state index in [2.05, 4.69) is 12.3 Å². The molecule has 82 valence electrons. The summed E-state index contributed by atoms with van der Waals surface area (Å²) in [4.78, 5) is 11.2. The lowest BCUT2D eigenvalue weighted by atomic mass is 9.84. The summed E-state index contributed by atoms with van der Waals surface area (Å²) in [6.45, 7) is 2.18. The predicted octanol–water partition coefficient (Wildman–Crippen LogP) is 0.714. The topological polar surface area (TPSA) is 84.4 Å². The Kier molecular flexibility index (Phi) is 4.16. The number of urea groups is 1. The third kappa shape index (κ3) is 2.59. The molecule has 0 aromatic carbocycles. The van der Waals surface area contributed by atoms with Crippen LogP contribution in [0.4, 0.5) is 4.79 Å². The largest absolute Gasteiger partial charge is 0.345 e. The highest BCUT2D eigenvalue weighted by Gasteiger charge is 2.26. The van der Waals surface area contributed by atoms with Crippen LogP contribution < -0.4 is 17.1 Å². The number of carbonyl (C=O) groups is 1. The number of nitrogens with two attached hydrogens (primary N) is 2. The Morgan fingerprint density at radius 1 is 1.57 bits per heavy atom. The number of hydrogen-bond acceptors (Lipinski definition) is 3. The molecule has 1 aliphatic rings. The standard InChI is InChI=1S/C9H20N4O/c1-2-7-4-3-5-8(6-7)13(11)9(14)12-10/h7-8H,2-6,10-11H2,1H3,(H,12,14). The summed E-state index contributed by atoms with van der Waals surface area (Å²) < 4.78 is 0. The molecule has 0 spiro atoms. The first kappa shape index (κ1) is 11.3. The van der Waals surface area contributed by atoms with Crippen LogP contribution >= 0.6 is 0 Å². The molecule has 5 N–H and O–H groups in total. The molecule has 2 unspecified atom stereocenters. The summed E-state index contributed by atoms with van der Waals surface area (Å²) in [6.07, 6.45) is 5.55. The molecular formula is C9H20N4O. The van der Waals surface area contributed by atoms with E-state index in [1.165, 1.54) is 11.4 Å². The number of rotatable bonds is 2. The van der Waals surface area contributed by atoms with Crippen molar-refractivity contribution in [3.8, 4) is 0 Å². The van der Waals surface area contributed by atoms with Gasteiger partial charge in [-0.3, -0.25) is 10.4 Å². The van der Waals surface area contributed by atoms with Crippen molar-refractivity contribution in [2.24, 2.45) is 17.6 Å². The molecule has 0 saturated heterocycles. The van der Waals surface area contributed by atoms with E-state index >= 15 is 0 Å². The smallest absolute Gasteiger partial charge is 0.275 e. The van der Waals surface area contributed by atoms with Gasteiger partial charge in [-0.2, -0.15) is 0 Å². The summed E-state index contributed by atoms with van der Waals surface area (Å²) in [7, 11) is 0. The van der Waals surface area contributed by atoms with Gasteiger partial charge in [0.15, 0.2) is 0 Å². The molecule has 5 heteroatoms. The Balaban J connectivity index is 2.46. The molecule has 0 aromatic rings. The molecule has 2 atom stereocenters. The molecule has 0 heterocycles. The third-order valence-corrected chi connectivity index (χ3v) is 3.08. The van der Waals surface area contributed by atoms with Crippen LogP contribution in [0.5, 0.6) is 0 Å². The van der Waals surface area contributed by atoms with Crippen molar-refractivity contribution in [1.29, 1.82) is 0 Å². The molecule has 14 heavy (non-hydrogen) atoms. The Hall–Kier alpha value is -0.810. The molecule has 0 aromatic heterocycles. The van der Waals surface area contributed by atoms with Crippen LogP contribution in [0, 0.1) is 5.92 Å². The second-order valence-electron chi connectivity index (χ2n) is 3.95. The number of carbonyl (C=O) groups excluding carboxylic acids is 1. The Bertz CT molecular complexity index is 197. The van der Waals surface area contributed by atoms with Gasteiger partial charge in [-0.1, -0.05) is 26.2 Å². The van der Waals surface area contributed by atoms with Crippen LogP contribution in [0.1, 0.15) is 39.0 Å². The fraction of sp³-hybridized carbons (Fsp3) is 0.889. The van der Waals surface area contributed by atoms with E-state index in [-0.39, 0.29) is 6.04 Å². The van der Waals surface area contributed by atoms with Crippen LogP contribution in [-0.4, -0.2) is 17.1 Å². The fourth-order valence-electron chi connectivity index (χ4n) is 2.13. The lowest BCUT2D eigenvalue weighted by Crippen LogP contribution is -2.53. The minimum Gasteiger partial charge on any atom is -0.275 e. The molecule has 1 saturated carbocycles. The third-order valence-electron chi connectivity index (χ3n) is 3.08. The number of nitrogens with zero attached hydrogens (tertiary/aromatic N) is 1. The van der Waals surface area contributed by atoms with Crippen LogP contribution in [0.15, 0.2) is 0 Å². The minimum atomic E-state index is -0.397. The van der Waals surface area contributed by atoms with E-state index in [1.807, 2.05) is 0 Å². The van der Waals surface area contributed by atoms with Crippen LogP contribution in [0.25, 0.3) is 0 Å². The quantitative estimate of drug-likeness (QED) is 0.349. The maximum Gasteiger partial charge on any atom is 0.345 e. The monoisotopic (exact) mass is 200 g/mol. The first-order valence-corrected chi connectivity index (χ1v) is 5.23. The van der Waals surface area contributed by atoms with Gasteiger partial charge < -0.3 is 0 Å². The second-order valence-corrected chi connectivity index (χ2v) is 3.95. The van der Waals surface area contributed by atoms with Crippen molar-refractivity contribution in [2.75, 3.05) is 0 Å². The predicted molar refractivity (Wildman–Crippen MR) is 54.8 cm³/mol. The highest BCUT2D eigenvalue weighted by atomic mass is 16.2. The van der Waals surface area contributed by atoms with Gasteiger partial charge in [-0.25, -0.2) is 16.5 Å². The zero-order valence-electron chi connectivity index (χ0n) is 8.70. The van der Waals surface area contributed by atoms with Gasteiger partial charge in [-0.15, -0.1) is 0 Å². The molecule has 1 aliphatic carbocycles. The van der Waals surface area contributed by atoms with E-state index in [4.69, 9.17) is 11.7 Å². The Morgan fingerprint density at radius 3 is 2.86 bits per heavy atom. The lowest BCUT2D eigenvalue weighted by molar-refractivity contribution is 0.139. The first-order chi connectivity index (χ1) is 6.69. The maximum atomic E-state index is 11.2. The SMILES string of the molecule is CCC1CCCC(N(N)C(=O)NN)C1. The number of hydrogen-bond donors (Lipinski definition) is 3. The van der Waals surface area contributed by atoms with Gasteiger partial charge in [0.2, 0.25) is 0 Å². The van der Waals surface area contributed by atoms with Crippen LogP contribution in [0.3, 0.4) is 0 Å². The summed E-state index contributed by atoms with van der Waals surface area (Å²) in [5, 5.41) is 1.24. The number of hydrazine groups is 2. The van der Waals surface area contributed by atoms with Gasteiger partial charge in [0.05, 0.1) is 6.04 Å². The first-order valence-electron chi connectivity index (χ1n) is 5.23. The van der Waals surface area contributed by atoms with E-state index in [0.717, 1.165) is 25.7 Å². The average Bonchev–Trinajstić information content (AvgIpc) is 2.27. The Morgan fingerprint density at radius 2 is 2.29 bits per heavy atom.